The van der Waals surface area contributed by atoms with Gasteiger partial charge in [-0.3, -0.25) is 4.90 Å². The highest BCUT2D eigenvalue weighted by molar-refractivity contribution is 5.91. The summed E-state index contributed by atoms with van der Waals surface area (Å²) in [6.45, 7) is 4.27. The van der Waals surface area contributed by atoms with Gasteiger partial charge in [-0.25, -0.2) is 4.79 Å². The van der Waals surface area contributed by atoms with E-state index in [4.69, 9.17) is 5.11 Å². The van der Waals surface area contributed by atoms with E-state index in [9.17, 15) is 4.79 Å². The summed E-state index contributed by atoms with van der Waals surface area (Å²) in [6.07, 6.45) is 3.70. The van der Waals surface area contributed by atoms with Crippen molar-refractivity contribution in [3.8, 4) is 0 Å². The molecule has 1 aromatic rings. The standard InChI is InChI=1S/C15H20N2O2/c1-10-11(15(18)19)4-2-5-12(10)16-13-7-9-17-8-3-6-14(13)17/h2,4-5,13-14,16H,3,6-9H2,1H3,(H,18,19). The summed E-state index contributed by atoms with van der Waals surface area (Å²) >= 11 is 0. The van der Waals surface area contributed by atoms with Gasteiger partial charge in [0.15, 0.2) is 0 Å². The number of carboxylic acids is 1. The maximum absolute atomic E-state index is 11.2. The number of carboxylic acid groups (broad SMARTS) is 1. The SMILES string of the molecule is Cc1c(NC2CCN3CCCC23)cccc1C(=O)O. The lowest BCUT2D eigenvalue weighted by atomic mass is 10.0. The molecule has 2 unspecified atom stereocenters. The number of benzene rings is 1. The summed E-state index contributed by atoms with van der Waals surface area (Å²) in [5.74, 6) is -0.852. The molecule has 0 radical (unpaired) electrons. The topological polar surface area (TPSA) is 52.6 Å². The van der Waals surface area contributed by atoms with Crippen LogP contribution in [-0.4, -0.2) is 41.1 Å². The zero-order chi connectivity index (χ0) is 13.4. The number of aromatic carboxylic acids is 1. The first kappa shape index (κ1) is 12.5. The first-order valence-corrected chi connectivity index (χ1v) is 7.00. The molecule has 2 saturated heterocycles. The van der Waals surface area contributed by atoms with Crippen LogP contribution in [0.15, 0.2) is 18.2 Å². The molecule has 4 nitrogen and oxygen atoms in total. The van der Waals surface area contributed by atoms with Gasteiger partial charge in [0, 0.05) is 24.3 Å². The van der Waals surface area contributed by atoms with E-state index >= 15 is 0 Å². The van der Waals surface area contributed by atoms with Gasteiger partial charge in [0.2, 0.25) is 0 Å². The maximum Gasteiger partial charge on any atom is 0.336 e. The summed E-state index contributed by atoms with van der Waals surface area (Å²) in [4.78, 5) is 13.7. The molecule has 0 spiro atoms. The largest absolute Gasteiger partial charge is 0.478 e. The van der Waals surface area contributed by atoms with Gasteiger partial charge in [-0.05, 0) is 50.4 Å². The fourth-order valence-electron chi connectivity index (χ4n) is 3.47. The smallest absolute Gasteiger partial charge is 0.336 e. The number of carbonyl (C=O) groups is 1. The number of fused-ring (bicyclic) bond motifs is 1. The first-order chi connectivity index (χ1) is 9.16. The molecule has 19 heavy (non-hydrogen) atoms. The Labute approximate surface area is 113 Å². The van der Waals surface area contributed by atoms with Crippen molar-refractivity contribution >= 4 is 11.7 Å². The number of anilines is 1. The minimum Gasteiger partial charge on any atom is -0.478 e. The zero-order valence-corrected chi connectivity index (χ0v) is 11.2. The van der Waals surface area contributed by atoms with Crippen LogP contribution >= 0.6 is 0 Å². The van der Waals surface area contributed by atoms with Crippen LogP contribution in [0, 0.1) is 6.92 Å². The van der Waals surface area contributed by atoms with Crippen LogP contribution in [0.1, 0.15) is 35.2 Å². The average molecular weight is 260 g/mol. The highest BCUT2D eigenvalue weighted by Gasteiger charge is 2.37. The molecule has 0 saturated carbocycles. The molecule has 0 aliphatic carbocycles. The molecular formula is C15H20N2O2. The quantitative estimate of drug-likeness (QED) is 0.876. The van der Waals surface area contributed by atoms with Crippen molar-refractivity contribution in [1.29, 1.82) is 0 Å². The number of rotatable bonds is 3. The number of hydrogen-bond acceptors (Lipinski definition) is 3. The Kier molecular flexibility index (Phi) is 3.19. The molecule has 0 aromatic heterocycles. The highest BCUT2D eigenvalue weighted by Crippen LogP contribution is 2.31. The van der Waals surface area contributed by atoms with Gasteiger partial charge in [-0.2, -0.15) is 0 Å². The van der Waals surface area contributed by atoms with Crippen LogP contribution in [0.3, 0.4) is 0 Å². The Bertz CT molecular complexity index is 501. The van der Waals surface area contributed by atoms with Crippen molar-refractivity contribution in [2.45, 2.75) is 38.3 Å². The van der Waals surface area contributed by atoms with Gasteiger partial charge >= 0.3 is 5.97 Å². The third-order valence-electron chi connectivity index (χ3n) is 4.51. The van der Waals surface area contributed by atoms with Gasteiger partial charge in [0.05, 0.1) is 5.56 Å². The number of nitrogens with zero attached hydrogens (tertiary/aromatic N) is 1. The summed E-state index contributed by atoms with van der Waals surface area (Å²) in [5, 5.41) is 12.7. The van der Waals surface area contributed by atoms with Crippen molar-refractivity contribution in [3.63, 3.8) is 0 Å². The van der Waals surface area contributed by atoms with Crippen molar-refractivity contribution in [2.75, 3.05) is 18.4 Å². The molecule has 2 fully saturated rings. The van der Waals surface area contributed by atoms with Gasteiger partial charge in [-0.15, -0.1) is 0 Å². The average Bonchev–Trinajstić information content (AvgIpc) is 2.96. The molecule has 1 aromatic carbocycles. The molecule has 2 atom stereocenters. The molecule has 3 rings (SSSR count). The van der Waals surface area contributed by atoms with E-state index in [1.165, 1.54) is 25.9 Å². The lowest BCUT2D eigenvalue weighted by Gasteiger charge is -2.23. The Morgan fingerprint density at radius 1 is 1.37 bits per heavy atom. The molecular weight excluding hydrogens is 240 g/mol. The molecule has 0 bridgehead atoms. The van der Waals surface area contributed by atoms with E-state index in [1.807, 2.05) is 19.1 Å². The first-order valence-electron chi connectivity index (χ1n) is 7.00. The van der Waals surface area contributed by atoms with E-state index in [0.29, 0.717) is 17.6 Å². The predicted octanol–water partition coefficient (Wildman–Crippen LogP) is 2.34. The van der Waals surface area contributed by atoms with E-state index in [0.717, 1.165) is 17.7 Å². The Morgan fingerprint density at radius 3 is 3.00 bits per heavy atom. The lowest BCUT2D eigenvalue weighted by Crippen LogP contribution is -2.34. The number of hydrogen-bond donors (Lipinski definition) is 2. The van der Waals surface area contributed by atoms with Crippen LogP contribution in [0.5, 0.6) is 0 Å². The van der Waals surface area contributed by atoms with Crippen LogP contribution in [-0.2, 0) is 0 Å². The van der Waals surface area contributed by atoms with Crippen LogP contribution < -0.4 is 5.32 Å². The summed E-state index contributed by atoms with van der Waals surface area (Å²) in [5.41, 5.74) is 2.20. The van der Waals surface area contributed by atoms with Crippen molar-refractivity contribution < 1.29 is 9.90 Å². The molecule has 2 aliphatic heterocycles. The normalized spacial score (nSPS) is 26.4. The molecule has 2 N–H and O–H groups in total. The third-order valence-corrected chi connectivity index (χ3v) is 4.51. The lowest BCUT2D eigenvalue weighted by molar-refractivity contribution is 0.0696. The zero-order valence-electron chi connectivity index (χ0n) is 11.2. The molecule has 102 valence electrons. The fourth-order valence-corrected chi connectivity index (χ4v) is 3.47. The van der Waals surface area contributed by atoms with Crippen LogP contribution in [0.25, 0.3) is 0 Å². The van der Waals surface area contributed by atoms with Crippen molar-refractivity contribution in [2.24, 2.45) is 0 Å². The Hall–Kier alpha value is -1.55. The van der Waals surface area contributed by atoms with Gasteiger partial charge < -0.3 is 10.4 Å². The van der Waals surface area contributed by atoms with E-state index in [1.54, 1.807) is 6.07 Å². The van der Waals surface area contributed by atoms with Gasteiger partial charge in [-0.1, -0.05) is 6.07 Å². The molecule has 2 heterocycles. The minimum absolute atomic E-state index is 0.395. The van der Waals surface area contributed by atoms with E-state index in [2.05, 4.69) is 10.2 Å². The molecule has 0 amide bonds. The second kappa shape index (κ2) is 4.85. The third kappa shape index (κ3) is 2.21. The Balaban J connectivity index is 1.80. The highest BCUT2D eigenvalue weighted by atomic mass is 16.4. The van der Waals surface area contributed by atoms with Crippen molar-refractivity contribution in [1.82, 2.24) is 4.90 Å². The summed E-state index contributed by atoms with van der Waals surface area (Å²) in [6, 6.07) is 6.57. The number of nitrogens with one attached hydrogen (secondary N) is 1. The van der Waals surface area contributed by atoms with Crippen LogP contribution in [0.2, 0.25) is 0 Å². The van der Waals surface area contributed by atoms with E-state index < -0.39 is 5.97 Å². The monoisotopic (exact) mass is 260 g/mol. The molecule has 2 aliphatic rings. The summed E-state index contributed by atoms with van der Waals surface area (Å²) < 4.78 is 0. The second-order valence-corrected chi connectivity index (χ2v) is 5.57. The Morgan fingerprint density at radius 2 is 2.21 bits per heavy atom. The minimum atomic E-state index is -0.852. The van der Waals surface area contributed by atoms with E-state index in [-0.39, 0.29) is 0 Å². The maximum atomic E-state index is 11.2. The summed E-state index contributed by atoms with van der Waals surface area (Å²) in [7, 11) is 0. The van der Waals surface area contributed by atoms with Gasteiger partial charge in [0.25, 0.3) is 0 Å². The predicted molar refractivity (Wildman–Crippen MR) is 74.8 cm³/mol. The van der Waals surface area contributed by atoms with Gasteiger partial charge in [0.1, 0.15) is 0 Å². The molecule has 4 heteroatoms. The second-order valence-electron chi connectivity index (χ2n) is 5.57. The van der Waals surface area contributed by atoms with Crippen molar-refractivity contribution in [3.05, 3.63) is 29.3 Å². The van der Waals surface area contributed by atoms with Crippen LogP contribution in [0.4, 0.5) is 5.69 Å². The fraction of sp³-hybridized carbons (Fsp3) is 0.533.